The van der Waals surface area contributed by atoms with Gasteiger partial charge < -0.3 is 19.9 Å². The van der Waals surface area contributed by atoms with Crippen molar-refractivity contribution in [3.63, 3.8) is 0 Å². The van der Waals surface area contributed by atoms with Crippen LogP contribution in [0, 0.1) is 11.3 Å². The van der Waals surface area contributed by atoms with E-state index in [2.05, 4.69) is 13.0 Å². The molecule has 1 atom stereocenters. The number of fused-ring (bicyclic) bond motifs is 1. The van der Waals surface area contributed by atoms with Crippen molar-refractivity contribution >= 4 is 17.6 Å². The van der Waals surface area contributed by atoms with Gasteiger partial charge in [0.25, 0.3) is 0 Å². The summed E-state index contributed by atoms with van der Waals surface area (Å²) in [6.45, 7) is 2.73. The van der Waals surface area contributed by atoms with Crippen molar-refractivity contribution in [2.45, 2.75) is 38.5 Å². The second-order valence-electron chi connectivity index (χ2n) is 8.50. The highest BCUT2D eigenvalue weighted by Gasteiger charge is 2.33. The van der Waals surface area contributed by atoms with Gasteiger partial charge in [-0.3, -0.25) is 4.79 Å². The summed E-state index contributed by atoms with van der Waals surface area (Å²) >= 11 is 5.91. The molecule has 6 nitrogen and oxygen atoms in total. The van der Waals surface area contributed by atoms with Gasteiger partial charge in [-0.25, -0.2) is 0 Å². The van der Waals surface area contributed by atoms with Gasteiger partial charge in [0, 0.05) is 22.2 Å². The zero-order chi connectivity index (χ0) is 25.5. The highest BCUT2D eigenvalue weighted by Crippen LogP contribution is 2.45. The summed E-state index contributed by atoms with van der Waals surface area (Å²) in [7, 11) is 0. The van der Waals surface area contributed by atoms with E-state index in [1.807, 2.05) is 24.3 Å². The van der Waals surface area contributed by atoms with Crippen molar-refractivity contribution in [2.75, 3.05) is 6.61 Å². The average Bonchev–Trinajstić information content (AvgIpc) is 2.87. The number of unbranched alkanes of at least 4 members (excludes halogenated alkanes) is 2. The first kappa shape index (κ1) is 25.2. The van der Waals surface area contributed by atoms with Crippen molar-refractivity contribution in [3.8, 4) is 23.3 Å². The number of allylic oxidation sites excluding steroid dienone is 1. The molecule has 0 amide bonds. The monoisotopic (exact) mass is 502 g/mol. The maximum Gasteiger partial charge on any atom is 0.315 e. The first-order chi connectivity index (χ1) is 17.5. The Morgan fingerprint density at radius 1 is 1.08 bits per heavy atom. The van der Waals surface area contributed by atoms with Crippen molar-refractivity contribution in [3.05, 3.63) is 99.9 Å². The van der Waals surface area contributed by atoms with Crippen LogP contribution in [0.25, 0.3) is 0 Å². The highest BCUT2D eigenvalue weighted by atomic mass is 35.5. The third-order valence-electron chi connectivity index (χ3n) is 5.92. The highest BCUT2D eigenvalue weighted by molar-refractivity contribution is 6.30. The molecule has 1 aliphatic rings. The zero-order valence-corrected chi connectivity index (χ0v) is 20.8. The van der Waals surface area contributed by atoms with E-state index in [9.17, 15) is 10.1 Å². The predicted octanol–water partition coefficient (Wildman–Crippen LogP) is 6.28. The summed E-state index contributed by atoms with van der Waals surface area (Å²) < 4.78 is 17.4. The fourth-order valence-corrected chi connectivity index (χ4v) is 4.27. The quantitative estimate of drug-likeness (QED) is 0.210. The third-order valence-corrected chi connectivity index (χ3v) is 6.17. The van der Waals surface area contributed by atoms with E-state index in [0.29, 0.717) is 34.5 Å². The number of halogens is 1. The van der Waals surface area contributed by atoms with E-state index in [4.69, 9.17) is 31.5 Å². The van der Waals surface area contributed by atoms with Crippen LogP contribution in [-0.4, -0.2) is 12.6 Å². The lowest BCUT2D eigenvalue weighted by Crippen LogP contribution is -2.21. The van der Waals surface area contributed by atoms with Crippen LogP contribution >= 0.6 is 11.6 Å². The van der Waals surface area contributed by atoms with Crippen molar-refractivity contribution < 1.29 is 19.0 Å². The lowest BCUT2D eigenvalue weighted by Gasteiger charge is -2.28. The molecule has 0 saturated carbocycles. The molecule has 3 aromatic carbocycles. The standard InChI is InChI=1S/C29H27ClN2O4/c1-2-3-6-15-34-25-8-5-4-7-22(25)28-23-14-13-21(17-26(23)36-29(32)24(28)18-31)35-27(33)16-19-9-11-20(30)12-10-19/h4-5,7-14,17,28H,2-3,6,15-16,32H2,1H3. The van der Waals surface area contributed by atoms with Crippen LogP contribution in [0.15, 0.2) is 78.2 Å². The molecule has 0 fully saturated rings. The number of carbonyl (C=O) groups excluding carboxylic acids is 1. The number of nitrogens with two attached hydrogens (primary N) is 1. The van der Waals surface area contributed by atoms with E-state index >= 15 is 0 Å². The molecule has 7 heteroatoms. The summed E-state index contributed by atoms with van der Waals surface area (Å²) in [5.41, 5.74) is 8.82. The minimum Gasteiger partial charge on any atom is -0.493 e. The Hall–Kier alpha value is -3.95. The number of hydrogen-bond donors (Lipinski definition) is 1. The number of carbonyl (C=O) groups is 1. The topological polar surface area (TPSA) is 94.6 Å². The molecule has 0 radical (unpaired) electrons. The Bertz CT molecular complexity index is 1310. The molecule has 184 valence electrons. The minimum atomic E-state index is -0.472. The normalized spacial score (nSPS) is 14.4. The van der Waals surface area contributed by atoms with E-state index in [1.165, 1.54) is 0 Å². The van der Waals surface area contributed by atoms with Crippen molar-refractivity contribution in [1.29, 1.82) is 5.26 Å². The lowest BCUT2D eigenvalue weighted by molar-refractivity contribution is -0.133. The summed E-state index contributed by atoms with van der Waals surface area (Å²) in [4.78, 5) is 12.5. The summed E-state index contributed by atoms with van der Waals surface area (Å²) in [6.07, 6.45) is 3.23. The number of nitrogens with zero attached hydrogens (tertiary/aromatic N) is 1. The maximum absolute atomic E-state index is 12.5. The summed E-state index contributed by atoms with van der Waals surface area (Å²) in [6, 6.07) is 22.0. The molecular formula is C29H27ClN2O4. The van der Waals surface area contributed by atoms with Crippen LogP contribution in [-0.2, 0) is 11.2 Å². The van der Waals surface area contributed by atoms with Crippen molar-refractivity contribution in [1.82, 2.24) is 0 Å². The first-order valence-corrected chi connectivity index (χ1v) is 12.3. The number of nitriles is 1. The van der Waals surface area contributed by atoms with E-state index in [1.54, 1.807) is 42.5 Å². The number of para-hydroxylation sites is 1. The Balaban J connectivity index is 1.60. The number of esters is 1. The Kier molecular flexibility index (Phi) is 8.14. The maximum atomic E-state index is 12.5. The number of benzene rings is 3. The molecule has 2 N–H and O–H groups in total. The Labute approximate surface area is 215 Å². The average molecular weight is 503 g/mol. The molecule has 1 aliphatic heterocycles. The van der Waals surface area contributed by atoms with E-state index < -0.39 is 11.9 Å². The predicted molar refractivity (Wildman–Crippen MR) is 138 cm³/mol. The SMILES string of the molecule is CCCCCOc1ccccc1C1C(C#N)=C(N)Oc2cc(OC(=O)Cc3ccc(Cl)cc3)ccc21. The third kappa shape index (κ3) is 5.81. The smallest absolute Gasteiger partial charge is 0.315 e. The van der Waals surface area contributed by atoms with Crippen LogP contribution in [0.4, 0.5) is 0 Å². The largest absolute Gasteiger partial charge is 0.493 e. The Morgan fingerprint density at radius 2 is 1.86 bits per heavy atom. The number of ether oxygens (including phenoxy) is 3. The molecule has 0 spiro atoms. The second-order valence-corrected chi connectivity index (χ2v) is 8.93. The van der Waals surface area contributed by atoms with Gasteiger partial charge in [0.15, 0.2) is 0 Å². The van der Waals surface area contributed by atoms with Crippen LogP contribution in [0.1, 0.15) is 48.8 Å². The molecule has 3 aromatic rings. The van der Waals surface area contributed by atoms with Crippen LogP contribution in [0.5, 0.6) is 17.2 Å². The molecular weight excluding hydrogens is 476 g/mol. The molecule has 0 saturated heterocycles. The van der Waals surface area contributed by atoms with Gasteiger partial charge in [0.05, 0.1) is 18.9 Å². The molecule has 0 bridgehead atoms. The van der Waals surface area contributed by atoms with E-state index in [0.717, 1.165) is 36.0 Å². The fraction of sp³-hybridized carbons (Fsp3) is 0.241. The van der Waals surface area contributed by atoms with Gasteiger partial charge in [-0.1, -0.05) is 67.8 Å². The Morgan fingerprint density at radius 3 is 2.61 bits per heavy atom. The molecule has 0 aliphatic carbocycles. The van der Waals surface area contributed by atoms with Crippen LogP contribution in [0.3, 0.4) is 0 Å². The van der Waals surface area contributed by atoms with Gasteiger partial charge in [-0.2, -0.15) is 5.26 Å². The molecule has 1 unspecified atom stereocenters. The van der Waals surface area contributed by atoms with Gasteiger partial charge in [-0.05, 0) is 36.2 Å². The molecule has 1 heterocycles. The van der Waals surface area contributed by atoms with Gasteiger partial charge in [-0.15, -0.1) is 0 Å². The first-order valence-electron chi connectivity index (χ1n) is 11.9. The number of hydrogen-bond acceptors (Lipinski definition) is 6. The fourth-order valence-electron chi connectivity index (χ4n) is 4.14. The summed E-state index contributed by atoms with van der Waals surface area (Å²) in [5.74, 6) is 0.570. The zero-order valence-electron chi connectivity index (χ0n) is 20.0. The van der Waals surface area contributed by atoms with Gasteiger partial charge in [0.2, 0.25) is 5.88 Å². The van der Waals surface area contributed by atoms with Crippen molar-refractivity contribution in [2.24, 2.45) is 5.73 Å². The summed E-state index contributed by atoms with van der Waals surface area (Å²) in [5, 5.41) is 10.5. The minimum absolute atomic E-state index is 0.0143. The number of rotatable bonds is 9. The van der Waals surface area contributed by atoms with Gasteiger partial charge >= 0.3 is 5.97 Å². The lowest BCUT2D eigenvalue weighted by atomic mass is 9.83. The molecule has 4 rings (SSSR count). The van der Waals surface area contributed by atoms with E-state index in [-0.39, 0.29) is 12.3 Å². The molecule has 36 heavy (non-hydrogen) atoms. The van der Waals surface area contributed by atoms with Gasteiger partial charge in [0.1, 0.15) is 28.9 Å². The van der Waals surface area contributed by atoms with Crippen LogP contribution in [0.2, 0.25) is 5.02 Å². The molecule has 0 aromatic heterocycles. The van der Waals surface area contributed by atoms with Crippen LogP contribution < -0.4 is 19.9 Å². The second kappa shape index (κ2) is 11.7.